The molecule has 1 N–H and O–H groups in total. The number of aliphatic hydroxyl groups excluding tert-OH is 1. The second-order valence-electron chi connectivity index (χ2n) is 3.20. The van der Waals surface area contributed by atoms with Gasteiger partial charge in [-0.2, -0.15) is 0 Å². The fraction of sp³-hybridized carbons (Fsp3) is 1.00. The maximum absolute atomic E-state index is 10.2. The van der Waals surface area contributed by atoms with Gasteiger partial charge in [-0.3, -0.25) is 0 Å². The van der Waals surface area contributed by atoms with E-state index >= 15 is 0 Å². The van der Waals surface area contributed by atoms with Crippen LogP contribution < -0.4 is 29.6 Å². The number of unbranched alkanes of at least 4 members (excludes halogenated alkanes) is 1. The van der Waals surface area contributed by atoms with Gasteiger partial charge in [0.1, 0.15) is 0 Å². The first-order valence-corrected chi connectivity index (χ1v) is 6.15. The molecule has 0 aliphatic heterocycles. The molecule has 1 unspecified atom stereocenters. The molecule has 6 heteroatoms. The Morgan fingerprint density at radius 3 is 2.29 bits per heavy atom. The van der Waals surface area contributed by atoms with Crippen LogP contribution >= 0.6 is 0 Å². The molecule has 80 valence electrons. The fourth-order valence-corrected chi connectivity index (χ4v) is 1.69. The molecule has 4 nitrogen and oxygen atoms in total. The average Bonchev–Trinajstić information content (AvgIpc) is 1.97. The zero-order valence-corrected chi connectivity index (χ0v) is 11.7. The van der Waals surface area contributed by atoms with E-state index in [2.05, 4.69) is 0 Å². The summed E-state index contributed by atoms with van der Waals surface area (Å²) >= 11 is 0. The zero-order chi connectivity index (χ0) is 10.3. The summed E-state index contributed by atoms with van der Waals surface area (Å²) in [4.78, 5) is 0. The van der Waals surface area contributed by atoms with E-state index in [1.54, 1.807) is 0 Å². The predicted molar refractivity (Wildman–Crippen MR) is 49.3 cm³/mol. The van der Waals surface area contributed by atoms with Gasteiger partial charge in [0.2, 0.25) is 0 Å². The Balaban J connectivity index is 0. The van der Waals surface area contributed by atoms with Crippen LogP contribution in [0.2, 0.25) is 0 Å². The van der Waals surface area contributed by atoms with Crippen molar-refractivity contribution in [1.29, 1.82) is 0 Å². The third kappa shape index (κ3) is 12.9. The monoisotopic (exact) mass is 232 g/mol. The zero-order valence-electron chi connectivity index (χ0n) is 8.90. The van der Waals surface area contributed by atoms with E-state index < -0.39 is 10.1 Å². The second kappa shape index (κ2) is 9.12. The topological polar surface area (TPSA) is 77.4 Å². The Morgan fingerprint density at radius 2 is 1.86 bits per heavy atom. The van der Waals surface area contributed by atoms with Crippen LogP contribution in [0.25, 0.3) is 0 Å². The van der Waals surface area contributed by atoms with Crippen molar-refractivity contribution in [3.63, 3.8) is 0 Å². The van der Waals surface area contributed by atoms with Crippen molar-refractivity contribution in [2.24, 2.45) is 0 Å². The Bertz CT molecular complexity index is 215. The predicted octanol–water partition coefficient (Wildman–Crippen LogP) is -2.13. The maximum atomic E-state index is 10.2. The minimum absolute atomic E-state index is 0. The van der Waals surface area contributed by atoms with Crippen LogP contribution in [0.15, 0.2) is 0 Å². The van der Waals surface area contributed by atoms with Crippen LogP contribution in [0.1, 0.15) is 39.0 Å². The first-order chi connectivity index (χ1) is 5.95. The standard InChI is InChI=1S/C8H18O4S.Na/c1-2-5-8(9)6-3-4-7-13(10,11)12;/h8-9H,2-7H2,1H3,(H,10,11,12);/q;+1/p-1. The quantitative estimate of drug-likeness (QED) is 0.309. The molecule has 0 aromatic heterocycles. The van der Waals surface area contributed by atoms with Gasteiger partial charge in [0.15, 0.2) is 0 Å². The number of aliphatic hydroxyl groups is 1. The van der Waals surface area contributed by atoms with E-state index in [9.17, 15) is 18.1 Å². The van der Waals surface area contributed by atoms with E-state index in [1.807, 2.05) is 6.92 Å². The van der Waals surface area contributed by atoms with Gasteiger partial charge in [-0.15, -0.1) is 0 Å². The van der Waals surface area contributed by atoms with Crippen LogP contribution in [0.5, 0.6) is 0 Å². The maximum Gasteiger partial charge on any atom is 1.00 e. The Labute approximate surface area is 108 Å². The molecule has 0 spiro atoms. The third-order valence-electron chi connectivity index (χ3n) is 1.80. The SMILES string of the molecule is CCCC(O)CCCCS(=O)(=O)[O-].[Na+]. The molecule has 0 saturated heterocycles. The van der Waals surface area contributed by atoms with Crippen LogP contribution in [0.4, 0.5) is 0 Å². The molecule has 0 amide bonds. The third-order valence-corrected chi connectivity index (χ3v) is 2.59. The van der Waals surface area contributed by atoms with Gasteiger partial charge in [-0.1, -0.05) is 13.3 Å². The van der Waals surface area contributed by atoms with Crippen molar-refractivity contribution in [3.8, 4) is 0 Å². The molecule has 1 atom stereocenters. The van der Waals surface area contributed by atoms with Crippen molar-refractivity contribution >= 4 is 10.1 Å². The van der Waals surface area contributed by atoms with Crippen molar-refractivity contribution in [1.82, 2.24) is 0 Å². The molecule has 0 aromatic rings. The van der Waals surface area contributed by atoms with Gasteiger partial charge in [0.05, 0.1) is 16.2 Å². The summed E-state index contributed by atoms with van der Waals surface area (Å²) in [6.07, 6.45) is 2.85. The number of rotatable bonds is 7. The Morgan fingerprint density at radius 1 is 1.29 bits per heavy atom. The molecule has 0 rings (SSSR count). The second-order valence-corrected chi connectivity index (χ2v) is 4.72. The van der Waals surface area contributed by atoms with E-state index in [0.717, 1.165) is 12.8 Å². The Kier molecular flexibility index (Phi) is 11.3. The van der Waals surface area contributed by atoms with E-state index in [4.69, 9.17) is 0 Å². The molecule has 0 saturated carbocycles. The van der Waals surface area contributed by atoms with Crippen molar-refractivity contribution in [2.45, 2.75) is 45.1 Å². The van der Waals surface area contributed by atoms with Crippen molar-refractivity contribution in [3.05, 3.63) is 0 Å². The molecule has 0 fully saturated rings. The van der Waals surface area contributed by atoms with Crippen molar-refractivity contribution in [2.75, 3.05) is 5.75 Å². The van der Waals surface area contributed by atoms with E-state index in [1.165, 1.54) is 0 Å². The number of hydrogen-bond donors (Lipinski definition) is 1. The number of hydrogen-bond acceptors (Lipinski definition) is 4. The molecule has 14 heavy (non-hydrogen) atoms. The first kappa shape index (κ1) is 17.3. The van der Waals surface area contributed by atoms with Gasteiger partial charge < -0.3 is 9.66 Å². The minimum atomic E-state index is -4.07. The normalized spacial score (nSPS) is 13.4. The molecular formula is C8H17NaO4S. The first-order valence-electron chi connectivity index (χ1n) is 4.57. The van der Waals surface area contributed by atoms with Crippen LogP contribution in [0, 0.1) is 0 Å². The summed E-state index contributed by atoms with van der Waals surface area (Å²) in [5.74, 6) is -0.314. The summed E-state index contributed by atoms with van der Waals surface area (Å²) in [6, 6.07) is 0. The summed E-state index contributed by atoms with van der Waals surface area (Å²) < 4.78 is 30.6. The molecule has 0 aliphatic rings. The van der Waals surface area contributed by atoms with Crippen LogP contribution in [-0.2, 0) is 10.1 Å². The fourth-order valence-electron chi connectivity index (χ4n) is 1.14. The van der Waals surface area contributed by atoms with Gasteiger partial charge in [0.25, 0.3) is 0 Å². The smallest absolute Gasteiger partial charge is 0.748 e. The molecule has 0 aromatic carbocycles. The summed E-state index contributed by atoms with van der Waals surface area (Å²) in [6.45, 7) is 1.98. The minimum Gasteiger partial charge on any atom is -0.748 e. The molecule has 0 heterocycles. The largest absolute Gasteiger partial charge is 1.00 e. The Hall–Kier alpha value is 0.870. The molecule has 0 aliphatic carbocycles. The average molecular weight is 232 g/mol. The molecular weight excluding hydrogens is 215 g/mol. The van der Waals surface area contributed by atoms with E-state index in [-0.39, 0.29) is 41.4 Å². The summed E-state index contributed by atoms with van der Waals surface area (Å²) in [5, 5.41) is 9.25. The summed E-state index contributed by atoms with van der Waals surface area (Å²) in [5.41, 5.74) is 0. The molecule has 0 bridgehead atoms. The van der Waals surface area contributed by atoms with Gasteiger partial charge in [-0.05, 0) is 25.7 Å². The van der Waals surface area contributed by atoms with Crippen LogP contribution in [-0.4, -0.2) is 29.9 Å². The summed E-state index contributed by atoms with van der Waals surface area (Å²) in [7, 11) is -4.07. The van der Waals surface area contributed by atoms with Crippen LogP contribution in [0.3, 0.4) is 0 Å². The van der Waals surface area contributed by atoms with Crippen molar-refractivity contribution < 1.29 is 47.6 Å². The molecule has 0 radical (unpaired) electrons. The van der Waals surface area contributed by atoms with E-state index in [0.29, 0.717) is 19.3 Å². The van der Waals surface area contributed by atoms with Gasteiger partial charge in [-0.25, -0.2) is 8.42 Å². The van der Waals surface area contributed by atoms with Gasteiger partial charge >= 0.3 is 29.6 Å². The van der Waals surface area contributed by atoms with Gasteiger partial charge in [0, 0.05) is 5.75 Å².